The molecule has 1 saturated heterocycles. The van der Waals surface area contributed by atoms with Gasteiger partial charge in [0.2, 0.25) is 0 Å². The molecule has 1 amide bonds. The van der Waals surface area contributed by atoms with Crippen molar-refractivity contribution in [2.75, 3.05) is 27.2 Å². The van der Waals surface area contributed by atoms with Crippen LogP contribution in [0.1, 0.15) is 28.9 Å². The van der Waals surface area contributed by atoms with Crippen LogP contribution in [-0.2, 0) is 6.54 Å². The standard InChI is InChI=1S/C14H22N4O/c1-17-7-5-12(6-8-17)18(2)14(19)13-4-3-11(9-15)10-16-13/h3-4,10,12H,5-9,15H2,1-2H3. The van der Waals surface area contributed by atoms with Crippen LogP contribution < -0.4 is 5.73 Å². The van der Waals surface area contributed by atoms with Gasteiger partial charge >= 0.3 is 0 Å². The highest BCUT2D eigenvalue weighted by molar-refractivity contribution is 5.92. The van der Waals surface area contributed by atoms with Crippen LogP contribution in [0.2, 0.25) is 0 Å². The topological polar surface area (TPSA) is 62.5 Å². The number of carbonyl (C=O) groups is 1. The summed E-state index contributed by atoms with van der Waals surface area (Å²) in [6, 6.07) is 3.94. The van der Waals surface area contributed by atoms with Crippen molar-refractivity contribution in [3.05, 3.63) is 29.6 Å². The molecule has 1 aliphatic heterocycles. The molecule has 0 bridgehead atoms. The number of hydrogen-bond donors (Lipinski definition) is 1. The monoisotopic (exact) mass is 262 g/mol. The zero-order valence-electron chi connectivity index (χ0n) is 11.7. The number of nitrogens with two attached hydrogens (primary N) is 1. The number of piperidine rings is 1. The minimum absolute atomic E-state index is 0.00174. The fourth-order valence-electron chi connectivity index (χ4n) is 2.40. The molecule has 2 rings (SSSR count). The molecule has 5 heteroatoms. The molecule has 0 spiro atoms. The van der Waals surface area contributed by atoms with Crippen molar-refractivity contribution in [3.63, 3.8) is 0 Å². The van der Waals surface area contributed by atoms with Gasteiger partial charge in [-0.25, -0.2) is 0 Å². The van der Waals surface area contributed by atoms with Gasteiger partial charge in [0.05, 0.1) is 0 Å². The first-order valence-electron chi connectivity index (χ1n) is 6.72. The SMILES string of the molecule is CN1CCC(N(C)C(=O)c2ccc(CN)cn2)CC1. The second-order valence-corrected chi connectivity index (χ2v) is 5.21. The quantitative estimate of drug-likeness (QED) is 0.871. The molecule has 2 N–H and O–H groups in total. The summed E-state index contributed by atoms with van der Waals surface area (Å²) < 4.78 is 0. The number of rotatable bonds is 3. The molecule has 0 radical (unpaired) electrons. The molecule has 1 aliphatic rings. The predicted octanol–water partition coefficient (Wildman–Crippen LogP) is 0.706. The Morgan fingerprint density at radius 3 is 2.68 bits per heavy atom. The van der Waals surface area contributed by atoms with Crippen LogP contribution in [0, 0.1) is 0 Å². The molecule has 19 heavy (non-hydrogen) atoms. The van der Waals surface area contributed by atoms with Crippen LogP contribution >= 0.6 is 0 Å². The molecule has 5 nitrogen and oxygen atoms in total. The largest absolute Gasteiger partial charge is 0.337 e. The van der Waals surface area contributed by atoms with Gasteiger partial charge < -0.3 is 15.5 Å². The number of amides is 1. The summed E-state index contributed by atoms with van der Waals surface area (Å²) in [5, 5.41) is 0. The Bertz CT molecular complexity index is 424. The maximum atomic E-state index is 12.3. The van der Waals surface area contributed by atoms with E-state index in [4.69, 9.17) is 5.73 Å². The van der Waals surface area contributed by atoms with E-state index in [2.05, 4.69) is 16.9 Å². The van der Waals surface area contributed by atoms with Gasteiger partial charge in [0.25, 0.3) is 5.91 Å². The van der Waals surface area contributed by atoms with E-state index in [0.717, 1.165) is 31.5 Å². The van der Waals surface area contributed by atoms with Crippen molar-refractivity contribution in [3.8, 4) is 0 Å². The zero-order chi connectivity index (χ0) is 13.8. The Hall–Kier alpha value is -1.46. The maximum absolute atomic E-state index is 12.3. The van der Waals surface area contributed by atoms with Gasteiger partial charge in [0, 0.05) is 25.8 Å². The minimum atomic E-state index is -0.00174. The number of pyridine rings is 1. The molecule has 0 aliphatic carbocycles. The lowest BCUT2D eigenvalue weighted by Gasteiger charge is -2.34. The molecule has 0 atom stereocenters. The number of hydrogen-bond acceptors (Lipinski definition) is 4. The first-order chi connectivity index (χ1) is 9.11. The Balaban J connectivity index is 2.01. The van der Waals surface area contributed by atoms with Crippen molar-refractivity contribution < 1.29 is 4.79 Å². The summed E-state index contributed by atoms with van der Waals surface area (Å²) in [6.07, 6.45) is 3.73. The molecule has 0 unspecified atom stereocenters. The molecule has 1 fully saturated rings. The number of carbonyl (C=O) groups excluding carboxylic acids is 1. The van der Waals surface area contributed by atoms with E-state index < -0.39 is 0 Å². The minimum Gasteiger partial charge on any atom is -0.337 e. The van der Waals surface area contributed by atoms with E-state index in [9.17, 15) is 4.79 Å². The van der Waals surface area contributed by atoms with Crippen molar-refractivity contribution in [1.82, 2.24) is 14.8 Å². The van der Waals surface area contributed by atoms with Crippen molar-refractivity contribution in [1.29, 1.82) is 0 Å². The van der Waals surface area contributed by atoms with Crippen LogP contribution in [0.4, 0.5) is 0 Å². The predicted molar refractivity (Wildman–Crippen MR) is 74.7 cm³/mol. The van der Waals surface area contributed by atoms with Crippen LogP contribution in [0.3, 0.4) is 0 Å². The average Bonchev–Trinajstić information content (AvgIpc) is 2.46. The van der Waals surface area contributed by atoms with E-state index in [1.165, 1.54) is 0 Å². The summed E-state index contributed by atoms with van der Waals surface area (Å²) in [5.41, 5.74) is 6.97. The lowest BCUT2D eigenvalue weighted by Crippen LogP contribution is -2.44. The van der Waals surface area contributed by atoms with Gasteiger partial charge in [0.15, 0.2) is 0 Å². The normalized spacial score (nSPS) is 17.4. The highest BCUT2D eigenvalue weighted by Crippen LogP contribution is 2.16. The zero-order valence-corrected chi connectivity index (χ0v) is 11.7. The number of aromatic nitrogens is 1. The summed E-state index contributed by atoms with van der Waals surface area (Å²) in [5.74, 6) is -0.00174. The fraction of sp³-hybridized carbons (Fsp3) is 0.571. The second kappa shape index (κ2) is 6.12. The van der Waals surface area contributed by atoms with Gasteiger partial charge in [0.1, 0.15) is 5.69 Å². The lowest BCUT2D eigenvalue weighted by molar-refractivity contribution is 0.0654. The summed E-state index contributed by atoms with van der Waals surface area (Å²) in [6.45, 7) is 2.54. The van der Waals surface area contributed by atoms with Gasteiger partial charge in [-0.1, -0.05) is 6.07 Å². The van der Waals surface area contributed by atoms with Gasteiger partial charge in [-0.3, -0.25) is 9.78 Å². The van der Waals surface area contributed by atoms with Gasteiger partial charge in [-0.2, -0.15) is 0 Å². The van der Waals surface area contributed by atoms with Gasteiger partial charge in [-0.05, 0) is 44.6 Å². The first-order valence-corrected chi connectivity index (χ1v) is 6.72. The Morgan fingerprint density at radius 1 is 1.47 bits per heavy atom. The Kier molecular flexibility index (Phi) is 4.50. The van der Waals surface area contributed by atoms with Gasteiger partial charge in [-0.15, -0.1) is 0 Å². The third-order valence-electron chi connectivity index (χ3n) is 3.84. The second-order valence-electron chi connectivity index (χ2n) is 5.21. The number of nitrogens with zero attached hydrogens (tertiary/aromatic N) is 3. The molecule has 0 saturated carbocycles. The average molecular weight is 262 g/mol. The van der Waals surface area contributed by atoms with Crippen molar-refractivity contribution in [2.24, 2.45) is 5.73 Å². The maximum Gasteiger partial charge on any atom is 0.272 e. The molecule has 104 valence electrons. The third kappa shape index (κ3) is 3.30. The molecular formula is C14H22N4O. The Morgan fingerprint density at radius 2 is 2.16 bits per heavy atom. The van der Waals surface area contributed by atoms with E-state index in [0.29, 0.717) is 18.3 Å². The summed E-state index contributed by atoms with van der Waals surface area (Å²) >= 11 is 0. The molecule has 0 aromatic carbocycles. The highest BCUT2D eigenvalue weighted by Gasteiger charge is 2.25. The van der Waals surface area contributed by atoms with E-state index in [-0.39, 0.29) is 5.91 Å². The van der Waals surface area contributed by atoms with Crippen molar-refractivity contribution >= 4 is 5.91 Å². The van der Waals surface area contributed by atoms with Crippen LogP contribution in [0.25, 0.3) is 0 Å². The lowest BCUT2D eigenvalue weighted by atomic mass is 10.0. The Labute approximate surface area is 114 Å². The molecule has 1 aromatic heterocycles. The molecular weight excluding hydrogens is 240 g/mol. The summed E-state index contributed by atoms with van der Waals surface area (Å²) in [7, 11) is 3.99. The molecule has 2 heterocycles. The highest BCUT2D eigenvalue weighted by atomic mass is 16.2. The molecule has 1 aromatic rings. The summed E-state index contributed by atoms with van der Waals surface area (Å²) in [4.78, 5) is 20.7. The van der Waals surface area contributed by atoms with E-state index in [1.54, 1.807) is 12.3 Å². The van der Waals surface area contributed by atoms with Crippen LogP contribution in [0.5, 0.6) is 0 Å². The third-order valence-corrected chi connectivity index (χ3v) is 3.84. The number of likely N-dealkylation sites (tertiary alicyclic amines) is 1. The van der Waals surface area contributed by atoms with Crippen LogP contribution in [0.15, 0.2) is 18.3 Å². The first kappa shape index (κ1) is 14.0. The van der Waals surface area contributed by atoms with E-state index in [1.807, 2.05) is 18.0 Å². The van der Waals surface area contributed by atoms with E-state index >= 15 is 0 Å². The van der Waals surface area contributed by atoms with Crippen molar-refractivity contribution in [2.45, 2.75) is 25.4 Å². The fourth-order valence-corrected chi connectivity index (χ4v) is 2.40. The smallest absolute Gasteiger partial charge is 0.272 e. The van der Waals surface area contributed by atoms with Crippen LogP contribution in [-0.4, -0.2) is 53.9 Å².